The zero-order valence-corrected chi connectivity index (χ0v) is 15.6. The Balaban J connectivity index is 1.61. The molecule has 0 spiro atoms. The Morgan fingerprint density at radius 1 is 1.16 bits per heavy atom. The van der Waals surface area contributed by atoms with Gasteiger partial charge in [-0.2, -0.15) is 0 Å². The molecule has 1 fully saturated rings. The molecule has 4 heteroatoms. The summed E-state index contributed by atoms with van der Waals surface area (Å²) < 4.78 is 0. The van der Waals surface area contributed by atoms with E-state index in [2.05, 4.69) is 53.5 Å². The highest BCUT2D eigenvalue weighted by molar-refractivity contribution is 7.99. The first-order valence-corrected chi connectivity index (χ1v) is 10.1. The van der Waals surface area contributed by atoms with E-state index < -0.39 is 0 Å². The van der Waals surface area contributed by atoms with Gasteiger partial charge in [-0.05, 0) is 37.0 Å². The summed E-state index contributed by atoms with van der Waals surface area (Å²) in [6.45, 7) is 3.83. The van der Waals surface area contributed by atoms with E-state index in [0.717, 1.165) is 42.9 Å². The molecule has 1 aliphatic heterocycles. The van der Waals surface area contributed by atoms with Gasteiger partial charge >= 0.3 is 0 Å². The summed E-state index contributed by atoms with van der Waals surface area (Å²) in [5.41, 5.74) is 3.49. The van der Waals surface area contributed by atoms with E-state index in [4.69, 9.17) is 0 Å². The second-order valence-electron chi connectivity index (χ2n) is 6.34. The van der Waals surface area contributed by atoms with E-state index >= 15 is 0 Å². The van der Waals surface area contributed by atoms with Gasteiger partial charge in [-0.15, -0.1) is 11.8 Å². The molecule has 0 aliphatic carbocycles. The van der Waals surface area contributed by atoms with E-state index in [-0.39, 0.29) is 5.91 Å². The number of carbonyl (C=O) groups is 1. The molecule has 1 atom stereocenters. The number of likely N-dealkylation sites (tertiary alicyclic amines) is 1. The summed E-state index contributed by atoms with van der Waals surface area (Å²) in [6, 6.07) is 18.6. The number of carbonyl (C=O) groups excluding carboxylic acids is 1. The van der Waals surface area contributed by atoms with Crippen molar-refractivity contribution in [1.82, 2.24) is 4.90 Å². The number of anilines is 1. The number of hydrogen-bond acceptors (Lipinski definition) is 3. The minimum atomic E-state index is 0.244. The molecule has 2 aromatic rings. The predicted octanol–water partition coefficient (Wildman–Crippen LogP) is 4.54. The molecule has 1 N–H and O–H groups in total. The Morgan fingerprint density at radius 2 is 1.92 bits per heavy atom. The van der Waals surface area contributed by atoms with Crippen molar-refractivity contribution in [3.05, 3.63) is 65.7 Å². The van der Waals surface area contributed by atoms with E-state index in [1.54, 1.807) is 0 Å². The van der Waals surface area contributed by atoms with Gasteiger partial charge in [0, 0.05) is 24.5 Å². The SMILES string of the molecule is CCNc1ccccc1CC(=O)N1CCCC1SCc1ccccc1. The highest BCUT2D eigenvalue weighted by atomic mass is 32.2. The fraction of sp³-hybridized carbons (Fsp3) is 0.381. The first-order valence-electron chi connectivity index (χ1n) is 9.04. The molecule has 1 heterocycles. The summed E-state index contributed by atoms with van der Waals surface area (Å²) in [4.78, 5) is 15.0. The molecule has 1 unspecified atom stereocenters. The maximum Gasteiger partial charge on any atom is 0.227 e. The molecule has 1 aliphatic rings. The molecular formula is C21H26N2OS. The van der Waals surface area contributed by atoms with Crippen molar-refractivity contribution in [2.24, 2.45) is 0 Å². The average molecular weight is 355 g/mol. The maximum absolute atomic E-state index is 12.9. The second-order valence-corrected chi connectivity index (χ2v) is 7.51. The van der Waals surface area contributed by atoms with Gasteiger partial charge in [0.2, 0.25) is 5.91 Å². The van der Waals surface area contributed by atoms with E-state index in [0.29, 0.717) is 11.8 Å². The van der Waals surface area contributed by atoms with Crippen LogP contribution in [0, 0.1) is 0 Å². The van der Waals surface area contributed by atoms with Crippen LogP contribution < -0.4 is 5.32 Å². The molecule has 1 amide bonds. The van der Waals surface area contributed by atoms with E-state index in [1.165, 1.54) is 5.56 Å². The highest BCUT2D eigenvalue weighted by Gasteiger charge is 2.29. The molecule has 1 saturated heterocycles. The smallest absolute Gasteiger partial charge is 0.227 e. The number of amides is 1. The lowest BCUT2D eigenvalue weighted by atomic mass is 10.1. The summed E-state index contributed by atoms with van der Waals surface area (Å²) in [5.74, 6) is 1.21. The van der Waals surface area contributed by atoms with Gasteiger partial charge < -0.3 is 10.2 Å². The van der Waals surface area contributed by atoms with Crippen LogP contribution in [0.2, 0.25) is 0 Å². The number of nitrogens with one attached hydrogen (secondary N) is 1. The van der Waals surface area contributed by atoms with Gasteiger partial charge in [-0.25, -0.2) is 0 Å². The normalized spacial score (nSPS) is 16.8. The fourth-order valence-corrected chi connectivity index (χ4v) is 4.58. The Labute approximate surface area is 154 Å². The van der Waals surface area contributed by atoms with Gasteiger partial charge in [0.1, 0.15) is 0 Å². The van der Waals surface area contributed by atoms with Crippen LogP contribution in [0.3, 0.4) is 0 Å². The minimum Gasteiger partial charge on any atom is -0.385 e. The zero-order valence-electron chi connectivity index (χ0n) is 14.8. The van der Waals surface area contributed by atoms with Crippen LogP contribution in [0.5, 0.6) is 0 Å². The minimum absolute atomic E-state index is 0.244. The Morgan fingerprint density at radius 3 is 2.72 bits per heavy atom. The number of para-hydroxylation sites is 1. The third-order valence-corrected chi connectivity index (χ3v) is 5.90. The van der Waals surface area contributed by atoms with Crippen LogP contribution in [-0.4, -0.2) is 29.3 Å². The predicted molar refractivity (Wildman–Crippen MR) is 107 cm³/mol. The van der Waals surface area contributed by atoms with Crippen molar-refractivity contribution in [2.75, 3.05) is 18.4 Å². The van der Waals surface area contributed by atoms with E-state index in [1.807, 2.05) is 30.0 Å². The standard InChI is InChI=1S/C21H26N2OS/c1-2-22-19-12-7-6-11-18(19)15-20(24)23-14-8-13-21(23)25-16-17-9-4-3-5-10-17/h3-7,9-12,21-22H,2,8,13-16H2,1H3. The molecule has 0 bridgehead atoms. The molecule has 0 saturated carbocycles. The third kappa shape index (κ3) is 4.79. The van der Waals surface area contributed by atoms with Crippen LogP contribution in [0.1, 0.15) is 30.9 Å². The Bertz CT molecular complexity index is 689. The lowest BCUT2D eigenvalue weighted by Gasteiger charge is -2.25. The van der Waals surface area contributed by atoms with Crippen molar-refractivity contribution in [3.63, 3.8) is 0 Å². The molecule has 0 aromatic heterocycles. The summed E-state index contributed by atoms with van der Waals surface area (Å²) in [5, 5.41) is 3.66. The molecular weight excluding hydrogens is 328 g/mol. The number of benzene rings is 2. The van der Waals surface area contributed by atoms with Crippen molar-refractivity contribution >= 4 is 23.4 Å². The van der Waals surface area contributed by atoms with Crippen LogP contribution in [0.4, 0.5) is 5.69 Å². The molecule has 0 radical (unpaired) electrons. The topological polar surface area (TPSA) is 32.3 Å². The number of nitrogens with zero attached hydrogens (tertiary/aromatic N) is 1. The van der Waals surface area contributed by atoms with Gasteiger partial charge in [-0.1, -0.05) is 48.5 Å². The van der Waals surface area contributed by atoms with Crippen molar-refractivity contribution < 1.29 is 4.79 Å². The van der Waals surface area contributed by atoms with Crippen molar-refractivity contribution in [2.45, 2.75) is 37.3 Å². The van der Waals surface area contributed by atoms with Crippen molar-refractivity contribution in [1.29, 1.82) is 0 Å². The molecule has 25 heavy (non-hydrogen) atoms. The van der Waals surface area contributed by atoms with Gasteiger partial charge in [0.25, 0.3) is 0 Å². The second kappa shape index (κ2) is 8.95. The van der Waals surface area contributed by atoms with E-state index in [9.17, 15) is 4.79 Å². The highest BCUT2D eigenvalue weighted by Crippen LogP contribution is 2.30. The molecule has 3 rings (SSSR count). The van der Waals surface area contributed by atoms with Gasteiger partial charge in [-0.3, -0.25) is 4.79 Å². The quantitative estimate of drug-likeness (QED) is 0.792. The number of hydrogen-bond donors (Lipinski definition) is 1. The van der Waals surface area contributed by atoms with Crippen LogP contribution >= 0.6 is 11.8 Å². The number of thioether (sulfide) groups is 1. The number of rotatable bonds is 7. The zero-order chi connectivity index (χ0) is 17.5. The monoisotopic (exact) mass is 354 g/mol. The Kier molecular flexibility index (Phi) is 6.40. The first kappa shape index (κ1) is 17.9. The third-order valence-electron chi connectivity index (χ3n) is 4.53. The van der Waals surface area contributed by atoms with Crippen LogP contribution in [0.15, 0.2) is 54.6 Å². The largest absolute Gasteiger partial charge is 0.385 e. The first-order chi connectivity index (χ1) is 12.3. The summed E-state index contributed by atoms with van der Waals surface area (Å²) >= 11 is 1.89. The lowest BCUT2D eigenvalue weighted by Crippen LogP contribution is -2.35. The van der Waals surface area contributed by atoms with Crippen LogP contribution in [0.25, 0.3) is 0 Å². The molecule has 132 valence electrons. The molecule has 2 aromatic carbocycles. The lowest BCUT2D eigenvalue weighted by molar-refractivity contribution is -0.129. The van der Waals surface area contributed by atoms with Crippen LogP contribution in [-0.2, 0) is 17.0 Å². The summed E-state index contributed by atoms with van der Waals surface area (Å²) in [7, 11) is 0. The molecule has 3 nitrogen and oxygen atoms in total. The van der Waals surface area contributed by atoms with Crippen molar-refractivity contribution in [3.8, 4) is 0 Å². The van der Waals surface area contributed by atoms with Gasteiger partial charge in [0.15, 0.2) is 0 Å². The van der Waals surface area contributed by atoms with Gasteiger partial charge in [0.05, 0.1) is 11.8 Å². The maximum atomic E-state index is 12.9. The fourth-order valence-electron chi connectivity index (χ4n) is 3.26. The Hall–Kier alpha value is -1.94. The summed E-state index contributed by atoms with van der Waals surface area (Å²) in [6.07, 6.45) is 2.68. The average Bonchev–Trinajstić information content (AvgIpc) is 3.11.